The fraction of sp³-hybridized carbons (Fsp3) is 0.800. The van der Waals surface area contributed by atoms with Gasteiger partial charge in [-0.3, -0.25) is 4.79 Å². The Morgan fingerprint density at radius 3 is 1.58 bits per heavy atom. The van der Waals surface area contributed by atoms with Crippen LogP contribution in [0.25, 0.3) is 0 Å². The molecule has 0 amide bonds. The number of rotatable bonds is 6. The van der Waals surface area contributed by atoms with Crippen molar-refractivity contribution in [2.75, 3.05) is 0 Å². The molecule has 0 heterocycles. The molecule has 0 rings (SSSR count). The second-order valence-corrected chi connectivity index (χ2v) is 3.95. The van der Waals surface area contributed by atoms with Crippen LogP contribution in [0.15, 0.2) is 0 Å². The molecule has 0 spiro atoms. The van der Waals surface area contributed by atoms with Gasteiger partial charge in [-0.25, -0.2) is 0 Å². The van der Waals surface area contributed by atoms with Crippen molar-refractivity contribution < 1.29 is 40.2 Å². The van der Waals surface area contributed by atoms with Crippen molar-refractivity contribution in [3.8, 4) is 0 Å². The van der Waals surface area contributed by atoms with Crippen LogP contribution in [0.5, 0.6) is 0 Å². The van der Waals surface area contributed by atoms with Gasteiger partial charge in [0.25, 0.3) is 0 Å². The van der Waals surface area contributed by atoms with E-state index in [0.717, 1.165) is 0 Å². The van der Waals surface area contributed by atoms with E-state index in [-0.39, 0.29) is 6.29 Å². The number of aliphatic hydroxyl groups is 5. The first-order chi connectivity index (χ1) is 8.56. The van der Waals surface area contributed by atoms with E-state index in [1.165, 1.54) is 13.8 Å². The SMILES string of the molecule is CC(O)C(N)C(=O)O.C[C@H](O)[C@@H](O)[C@@H](O)[C@H](O)C=O. The van der Waals surface area contributed by atoms with E-state index in [4.69, 9.17) is 36.4 Å². The fourth-order valence-corrected chi connectivity index (χ4v) is 0.774. The molecule has 0 fully saturated rings. The van der Waals surface area contributed by atoms with Gasteiger partial charge in [-0.15, -0.1) is 0 Å². The maximum atomic E-state index is 9.87. The van der Waals surface area contributed by atoms with E-state index in [0.29, 0.717) is 0 Å². The summed E-state index contributed by atoms with van der Waals surface area (Å²) in [5.74, 6) is -1.18. The average molecular weight is 283 g/mol. The van der Waals surface area contributed by atoms with Crippen LogP contribution in [0.2, 0.25) is 0 Å². The minimum absolute atomic E-state index is 0.0935. The minimum atomic E-state index is -1.65. The highest BCUT2D eigenvalue weighted by atomic mass is 16.4. The van der Waals surface area contributed by atoms with Crippen LogP contribution < -0.4 is 5.73 Å². The summed E-state index contributed by atoms with van der Waals surface area (Å²) in [6.07, 6.45) is -6.86. The van der Waals surface area contributed by atoms with Crippen molar-refractivity contribution >= 4 is 12.3 Å². The van der Waals surface area contributed by atoms with Crippen LogP contribution in [0.3, 0.4) is 0 Å². The Morgan fingerprint density at radius 1 is 1.00 bits per heavy atom. The molecule has 0 saturated heterocycles. The normalized spacial score (nSPS) is 20.0. The summed E-state index contributed by atoms with van der Waals surface area (Å²) in [4.78, 5) is 19.7. The Labute approximate surface area is 109 Å². The monoisotopic (exact) mass is 283 g/mol. The summed E-state index contributed by atoms with van der Waals surface area (Å²) >= 11 is 0. The molecular weight excluding hydrogens is 262 g/mol. The second kappa shape index (κ2) is 9.78. The zero-order valence-electron chi connectivity index (χ0n) is 10.6. The number of hydrogen-bond acceptors (Lipinski definition) is 8. The summed E-state index contributed by atoms with van der Waals surface area (Å²) in [5.41, 5.74) is 4.91. The van der Waals surface area contributed by atoms with Crippen LogP contribution in [-0.4, -0.2) is 79.5 Å². The van der Waals surface area contributed by atoms with Gasteiger partial charge in [-0.1, -0.05) is 0 Å². The molecule has 0 aliphatic rings. The molecule has 0 aromatic rings. The number of carbonyl (C=O) groups is 2. The molecular formula is C10H21NO8. The highest BCUT2D eigenvalue weighted by Crippen LogP contribution is 2.02. The summed E-state index contributed by atoms with van der Waals surface area (Å²) in [7, 11) is 0. The third-order valence-electron chi connectivity index (χ3n) is 2.14. The maximum absolute atomic E-state index is 9.87. The molecule has 8 N–H and O–H groups in total. The standard InChI is InChI=1S/C6H12O5.C4H9NO3/c1-3(8)5(10)6(11)4(9)2-7;1-2(6)3(5)4(7)8/h2-6,8-11H,1H3;2-3,6H,5H2,1H3,(H,7,8)/t3-,4+,5+,6-;/m0./s1. The van der Waals surface area contributed by atoms with Crippen molar-refractivity contribution in [1.82, 2.24) is 0 Å². The lowest BCUT2D eigenvalue weighted by Gasteiger charge is -2.21. The van der Waals surface area contributed by atoms with E-state index < -0.39 is 42.5 Å². The molecule has 0 radical (unpaired) electrons. The van der Waals surface area contributed by atoms with Gasteiger partial charge < -0.3 is 41.2 Å². The summed E-state index contributed by atoms with van der Waals surface area (Å²) in [5, 5.41) is 51.7. The Kier molecular flexibility index (Phi) is 10.4. The Hall–Kier alpha value is -1.10. The number of carbonyl (C=O) groups excluding carboxylic acids is 1. The smallest absolute Gasteiger partial charge is 0.323 e. The molecule has 0 aliphatic heterocycles. The molecule has 9 nitrogen and oxygen atoms in total. The maximum Gasteiger partial charge on any atom is 0.323 e. The molecule has 19 heavy (non-hydrogen) atoms. The average Bonchev–Trinajstić information content (AvgIpc) is 2.35. The Morgan fingerprint density at radius 2 is 1.42 bits per heavy atom. The van der Waals surface area contributed by atoms with E-state index in [1.54, 1.807) is 0 Å². The van der Waals surface area contributed by atoms with Gasteiger partial charge in [-0.2, -0.15) is 0 Å². The number of aliphatic carboxylic acids is 1. The van der Waals surface area contributed by atoms with Gasteiger partial charge >= 0.3 is 5.97 Å². The predicted molar refractivity (Wildman–Crippen MR) is 63.1 cm³/mol. The number of carboxylic acids is 1. The Balaban J connectivity index is 0. The van der Waals surface area contributed by atoms with Gasteiger partial charge in [0, 0.05) is 0 Å². The third kappa shape index (κ3) is 8.59. The zero-order chi connectivity index (χ0) is 15.7. The van der Waals surface area contributed by atoms with Crippen molar-refractivity contribution in [1.29, 1.82) is 0 Å². The topological polar surface area (TPSA) is 182 Å². The quantitative estimate of drug-likeness (QED) is 0.242. The van der Waals surface area contributed by atoms with Gasteiger partial charge in [0.05, 0.1) is 12.2 Å². The summed E-state index contributed by atoms with van der Waals surface area (Å²) in [6, 6.07) is -1.16. The van der Waals surface area contributed by atoms with Crippen LogP contribution in [0.1, 0.15) is 13.8 Å². The molecule has 6 atom stereocenters. The van der Waals surface area contributed by atoms with Crippen molar-refractivity contribution in [3.05, 3.63) is 0 Å². The largest absolute Gasteiger partial charge is 0.480 e. The van der Waals surface area contributed by atoms with Gasteiger partial charge in [0.1, 0.15) is 24.4 Å². The number of hydrogen-bond donors (Lipinski definition) is 7. The fourth-order valence-electron chi connectivity index (χ4n) is 0.774. The van der Waals surface area contributed by atoms with E-state index >= 15 is 0 Å². The van der Waals surface area contributed by atoms with Gasteiger partial charge in [0.2, 0.25) is 0 Å². The van der Waals surface area contributed by atoms with E-state index in [2.05, 4.69) is 0 Å². The minimum Gasteiger partial charge on any atom is -0.480 e. The molecule has 0 aromatic heterocycles. The number of nitrogens with two attached hydrogens (primary N) is 1. The predicted octanol–water partition coefficient (Wildman–Crippen LogP) is -3.57. The van der Waals surface area contributed by atoms with E-state index in [1.807, 2.05) is 0 Å². The summed E-state index contributed by atoms with van der Waals surface area (Å²) in [6.45, 7) is 2.57. The lowest BCUT2D eigenvalue weighted by Crippen LogP contribution is -2.43. The lowest BCUT2D eigenvalue weighted by molar-refractivity contribution is -0.140. The first-order valence-electron chi connectivity index (χ1n) is 5.40. The number of aldehydes is 1. The first kappa shape index (κ1) is 20.2. The Bertz CT molecular complexity index is 270. The molecule has 0 bridgehead atoms. The van der Waals surface area contributed by atoms with Crippen LogP contribution in [-0.2, 0) is 9.59 Å². The lowest BCUT2D eigenvalue weighted by atomic mass is 10.1. The van der Waals surface area contributed by atoms with E-state index in [9.17, 15) is 9.59 Å². The van der Waals surface area contributed by atoms with Gasteiger partial charge in [-0.05, 0) is 13.8 Å². The van der Waals surface area contributed by atoms with Crippen LogP contribution >= 0.6 is 0 Å². The molecule has 0 aromatic carbocycles. The third-order valence-corrected chi connectivity index (χ3v) is 2.14. The van der Waals surface area contributed by atoms with Gasteiger partial charge in [0.15, 0.2) is 6.29 Å². The van der Waals surface area contributed by atoms with Crippen molar-refractivity contribution in [2.24, 2.45) is 5.73 Å². The second-order valence-electron chi connectivity index (χ2n) is 3.95. The van der Waals surface area contributed by atoms with Crippen LogP contribution in [0.4, 0.5) is 0 Å². The highest BCUT2D eigenvalue weighted by Gasteiger charge is 2.27. The molecule has 0 saturated carbocycles. The number of carboxylic acid groups (broad SMARTS) is 1. The highest BCUT2D eigenvalue weighted by molar-refractivity contribution is 5.73. The molecule has 0 aliphatic carbocycles. The number of aliphatic hydroxyl groups excluding tert-OH is 5. The van der Waals surface area contributed by atoms with Crippen LogP contribution in [0, 0.1) is 0 Å². The van der Waals surface area contributed by atoms with Crippen molar-refractivity contribution in [2.45, 2.75) is 50.4 Å². The molecule has 9 heteroatoms. The molecule has 2 unspecified atom stereocenters. The van der Waals surface area contributed by atoms with Crippen molar-refractivity contribution in [3.63, 3.8) is 0 Å². The molecule has 114 valence electrons. The summed E-state index contributed by atoms with van der Waals surface area (Å²) < 4.78 is 0. The first-order valence-corrected chi connectivity index (χ1v) is 5.40. The zero-order valence-corrected chi connectivity index (χ0v) is 10.6.